The molecule has 3 rings (SSSR count). The van der Waals surface area contributed by atoms with Crippen LogP contribution < -0.4 is 10.1 Å². The predicted molar refractivity (Wildman–Crippen MR) is 96.3 cm³/mol. The highest BCUT2D eigenvalue weighted by molar-refractivity contribution is 5.85. The van der Waals surface area contributed by atoms with Crippen LogP contribution in [0.5, 0.6) is 5.75 Å². The monoisotopic (exact) mass is 331 g/mol. The van der Waals surface area contributed by atoms with Crippen molar-refractivity contribution in [3.63, 3.8) is 0 Å². The van der Waals surface area contributed by atoms with Crippen molar-refractivity contribution in [2.45, 2.75) is 19.5 Å². The molecule has 0 atom stereocenters. The Bertz CT molecular complexity index is 728. The van der Waals surface area contributed by atoms with Gasteiger partial charge in [-0.2, -0.15) is 5.10 Å². The highest BCUT2D eigenvalue weighted by Crippen LogP contribution is 2.21. The molecular weight excluding hydrogens is 310 g/mol. The maximum Gasteiger partial charge on any atom is 0.119 e. The summed E-state index contributed by atoms with van der Waals surface area (Å²) in [6.07, 6.45) is 4.89. The van der Waals surface area contributed by atoms with Crippen LogP contribution in [0.25, 0.3) is 10.8 Å². The molecule has 0 aliphatic rings. The number of hydrogen-bond donors (Lipinski definition) is 1. The summed E-state index contributed by atoms with van der Waals surface area (Å²) in [5.41, 5.74) is 1.30. The number of methoxy groups -OCH3 is 1. The van der Waals surface area contributed by atoms with Gasteiger partial charge in [-0.25, -0.2) is 0 Å². The standard InChI is InChI=1S/C18H21N3O.ClH/c1-22-18-7-6-16-12-15(4-5-17(16)13-18)14-19-8-2-10-21-11-3-9-20-21;/h3-7,9,11-13,19H,2,8,10,14H2,1H3;1H. The van der Waals surface area contributed by atoms with E-state index in [4.69, 9.17) is 4.74 Å². The van der Waals surface area contributed by atoms with Gasteiger partial charge in [0.05, 0.1) is 7.11 Å². The molecule has 1 N–H and O–H groups in total. The average molecular weight is 332 g/mol. The van der Waals surface area contributed by atoms with Crippen LogP contribution in [0.2, 0.25) is 0 Å². The molecule has 1 heterocycles. The molecule has 0 aliphatic carbocycles. The Labute approximate surface area is 142 Å². The zero-order valence-corrected chi connectivity index (χ0v) is 14.1. The largest absolute Gasteiger partial charge is 0.497 e. The molecule has 5 heteroatoms. The lowest BCUT2D eigenvalue weighted by molar-refractivity contribution is 0.415. The number of ether oxygens (including phenoxy) is 1. The lowest BCUT2D eigenvalue weighted by Gasteiger charge is -2.07. The second-order valence-corrected chi connectivity index (χ2v) is 5.35. The number of rotatable bonds is 7. The van der Waals surface area contributed by atoms with Crippen molar-refractivity contribution in [2.75, 3.05) is 13.7 Å². The first kappa shape index (κ1) is 17.3. The summed E-state index contributed by atoms with van der Waals surface area (Å²) >= 11 is 0. The van der Waals surface area contributed by atoms with E-state index >= 15 is 0 Å². The average Bonchev–Trinajstić information content (AvgIpc) is 3.07. The van der Waals surface area contributed by atoms with Gasteiger partial charge in [0.15, 0.2) is 0 Å². The Hall–Kier alpha value is -2.04. The molecule has 122 valence electrons. The van der Waals surface area contributed by atoms with Crippen LogP contribution in [0.1, 0.15) is 12.0 Å². The van der Waals surface area contributed by atoms with Crippen molar-refractivity contribution in [3.8, 4) is 5.75 Å². The highest BCUT2D eigenvalue weighted by atomic mass is 35.5. The van der Waals surface area contributed by atoms with E-state index in [9.17, 15) is 0 Å². The zero-order chi connectivity index (χ0) is 15.2. The molecule has 0 fully saturated rings. The maximum atomic E-state index is 5.26. The minimum Gasteiger partial charge on any atom is -0.497 e. The van der Waals surface area contributed by atoms with E-state index in [1.807, 2.05) is 29.2 Å². The Kier molecular flexibility index (Phi) is 6.44. The summed E-state index contributed by atoms with van der Waals surface area (Å²) < 4.78 is 7.22. The number of nitrogens with zero attached hydrogens (tertiary/aromatic N) is 2. The molecule has 23 heavy (non-hydrogen) atoms. The molecule has 0 unspecified atom stereocenters. The van der Waals surface area contributed by atoms with Crippen LogP contribution in [0.15, 0.2) is 54.9 Å². The molecule has 1 aromatic heterocycles. The van der Waals surface area contributed by atoms with Crippen molar-refractivity contribution < 1.29 is 4.74 Å². The number of fused-ring (bicyclic) bond motifs is 1. The topological polar surface area (TPSA) is 39.1 Å². The molecule has 3 aromatic rings. The molecule has 0 saturated heterocycles. The molecule has 0 saturated carbocycles. The van der Waals surface area contributed by atoms with Gasteiger partial charge in [-0.3, -0.25) is 4.68 Å². The summed E-state index contributed by atoms with van der Waals surface area (Å²) in [4.78, 5) is 0. The van der Waals surface area contributed by atoms with E-state index in [2.05, 4.69) is 40.7 Å². The quantitative estimate of drug-likeness (QED) is 0.672. The first-order valence-electron chi connectivity index (χ1n) is 7.60. The second kappa shape index (κ2) is 8.56. The predicted octanol–water partition coefficient (Wildman–Crippen LogP) is 3.65. The van der Waals surface area contributed by atoms with Crippen LogP contribution in [0, 0.1) is 0 Å². The van der Waals surface area contributed by atoms with Gasteiger partial charge in [0.2, 0.25) is 0 Å². The van der Waals surface area contributed by atoms with E-state index < -0.39 is 0 Å². The molecule has 2 aromatic carbocycles. The Morgan fingerprint density at radius 3 is 2.74 bits per heavy atom. The number of nitrogens with one attached hydrogen (secondary N) is 1. The summed E-state index contributed by atoms with van der Waals surface area (Å²) in [6.45, 7) is 2.83. The normalized spacial score (nSPS) is 10.5. The number of aryl methyl sites for hydroxylation is 1. The van der Waals surface area contributed by atoms with Gasteiger partial charge in [0, 0.05) is 25.5 Å². The molecule has 0 radical (unpaired) electrons. The van der Waals surface area contributed by atoms with Crippen molar-refractivity contribution in [3.05, 3.63) is 60.4 Å². The Morgan fingerprint density at radius 2 is 1.96 bits per heavy atom. The van der Waals surface area contributed by atoms with E-state index in [0.29, 0.717) is 0 Å². The lowest BCUT2D eigenvalue weighted by atomic mass is 10.1. The zero-order valence-electron chi connectivity index (χ0n) is 13.2. The molecule has 0 aliphatic heterocycles. The summed E-state index contributed by atoms with van der Waals surface area (Å²) in [5.74, 6) is 0.900. The van der Waals surface area contributed by atoms with Crippen LogP contribution in [-0.4, -0.2) is 23.4 Å². The molecule has 0 spiro atoms. The first-order valence-corrected chi connectivity index (χ1v) is 7.60. The van der Waals surface area contributed by atoms with Crippen LogP contribution in [0.4, 0.5) is 0 Å². The fourth-order valence-corrected chi connectivity index (χ4v) is 2.54. The summed E-state index contributed by atoms with van der Waals surface area (Å²) in [6, 6.07) is 14.7. The third kappa shape index (κ3) is 4.71. The van der Waals surface area contributed by atoms with Gasteiger partial charge in [-0.15, -0.1) is 12.4 Å². The van der Waals surface area contributed by atoms with Crippen LogP contribution in [0.3, 0.4) is 0 Å². The minimum atomic E-state index is 0. The van der Waals surface area contributed by atoms with Gasteiger partial charge in [-0.1, -0.05) is 18.2 Å². The first-order chi connectivity index (χ1) is 10.8. The Balaban J connectivity index is 0.00000192. The van der Waals surface area contributed by atoms with Crippen molar-refractivity contribution in [1.29, 1.82) is 0 Å². The van der Waals surface area contributed by atoms with Crippen molar-refractivity contribution >= 4 is 23.2 Å². The smallest absolute Gasteiger partial charge is 0.119 e. The van der Waals surface area contributed by atoms with E-state index in [0.717, 1.165) is 31.8 Å². The fourth-order valence-electron chi connectivity index (χ4n) is 2.54. The second-order valence-electron chi connectivity index (χ2n) is 5.35. The van der Waals surface area contributed by atoms with Gasteiger partial charge in [0.1, 0.15) is 5.75 Å². The van der Waals surface area contributed by atoms with E-state index in [-0.39, 0.29) is 12.4 Å². The molecule has 0 amide bonds. The van der Waals surface area contributed by atoms with Crippen molar-refractivity contribution in [1.82, 2.24) is 15.1 Å². The van der Waals surface area contributed by atoms with Gasteiger partial charge >= 0.3 is 0 Å². The maximum absolute atomic E-state index is 5.26. The number of halogens is 1. The van der Waals surface area contributed by atoms with Crippen molar-refractivity contribution in [2.24, 2.45) is 0 Å². The molecule has 4 nitrogen and oxygen atoms in total. The summed E-state index contributed by atoms with van der Waals surface area (Å²) in [7, 11) is 1.70. The van der Waals surface area contributed by atoms with E-state index in [1.54, 1.807) is 7.11 Å². The molecular formula is C18H22ClN3O. The molecule has 0 bridgehead atoms. The number of aromatic nitrogens is 2. The highest BCUT2D eigenvalue weighted by Gasteiger charge is 1.99. The third-order valence-electron chi connectivity index (χ3n) is 3.74. The van der Waals surface area contributed by atoms with Crippen LogP contribution in [-0.2, 0) is 13.1 Å². The van der Waals surface area contributed by atoms with Gasteiger partial charge < -0.3 is 10.1 Å². The summed E-state index contributed by atoms with van der Waals surface area (Å²) in [5, 5.41) is 10.1. The number of hydrogen-bond acceptors (Lipinski definition) is 3. The van der Waals surface area contributed by atoms with E-state index in [1.165, 1.54) is 16.3 Å². The fraction of sp³-hybridized carbons (Fsp3) is 0.278. The van der Waals surface area contributed by atoms with Gasteiger partial charge in [-0.05, 0) is 53.6 Å². The Morgan fingerprint density at radius 1 is 1.13 bits per heavy atom. The SMILES string of the molecule is COc1ccc2cc(CNCCCn3cccn3)ccc2c1.Cl. The number of benzene rings is 2. The van der Waals surface area contributed by atoms with Crippen LogP contribution >= 0.6 is 12.4 Å². The lowest BCUT2D eigenvalue weighted by Crippen LogP contribution is -2.16. The van der Waals surface area contributed by atoms with Gasteiger partial charge in [0.25, 0.3) is 0 Å². The third-order valence-corrected chi connectivity index (χ3v) is 3.74. The minimum absolute atomic E-state index is 0.